The molecular formula is C20H16FNO6. The van der Waals surface area contributed by atoms with Gasteiger partial charge in [-0.15, -0.1) is 0 Å². The lowest BCUT2D eigenvalue weighted by atomic mass is 10.1. The number of hydrogen-bond donors (Lipinski definition) is 2. The van der Waals surface area contributed by atoms with Gasteiger partial charge in [0, 0.05) is 0 Å². The van der Waals surface area contributed by atoms with Crippen LogP contribution in [0.4, 0.5) is 4.39 Å². The normalized spacial score (nSPS) is 11.9. The van der Waals surface area contributed by atoms with Gasteiger partial charge >= 0.3 is 11.6 Å². The molecule has 1 atom stereocenters. The van der Waals surface area contributed by atoms with Crippen LogP contribution in [0.5, 0.6) is 0 Å². The number of benzene rings is 2. The van der Waals surface area contributed by atoms with Crippen molar-refractivity contribution in [2.75, 3.05) is 6.61 Å². The number of carboxylic acids is 1. The summed E-state index contributed by atoms with van der Waals surface area (Å²) in [5.41, 5.74) is -0.664. The van der Waals surface area contributed by atoms with Gasteiger partial charge in [0.05, 0.1) is 18.6 Å². The topological polar surface area (TPSA) is 106 Å². The zero-order valence-corrected chi connectivity index (χ0v) is 14.6. The van der Waals surface area contributed by atoms with Crippen LogP contribution in [0.25, 0.3) is 11.0 Å². The first-order valence-corrected chi connectivity index (χ1v) is 8.33. The van der Waals surface area contributed by atoms with Gasteiger partial charge in [-0.2, -0.15) is 0 Å². The number of halogens is 1. The van der Waals surface area contributed by atoms with Crippen LogP contribution in [0.2, 0.25) is 0 Å². The fourth-order valence-electron chi connectivity index (χ4n) is 2.54. The van der Waals surface area contributed by atoms with Gasteiger partial charge in [0.2, 0.25) is 0 Å². The molecule has 0 aliphatic rings. The maximum absolute atomic E-state index is 13.9. The molecular weight excluding hydrogens is 369 g/mol. The lowest BCUT2D eigenvalue weighted by Crippen LogP contribution is -2.45. The minimum absolute atomic E-state index is 0.0115. The highest BCUT2D eigenvalue weighted by Gasteiger charge is 2.23. The van der Waals surface area contributed by atoms with Crippen molar-refractivity contribution in [3.8, 4) is 0 Å². The first-order valence-electron chi connectivity index (χ1n) is 8.33. The highest BCUT2D eigenvalue weighted by Crippen LogP contribution is 2.17. The molecule has 144 valence electrons. The van der Waals surface area contributed by atoms with Gasteiger partial charge in [0.1, 0.15) is 17.0 Å². The Morgan fingerprint density at radius 3 is 2.61 bits per heavy atom. The number of rotatable bonds is 7. The van der Waals surface area contributed by atoms with Crippen molar-refractivity contribution in [1.82, 2.24) is 5.32 Å². The minimum Gasteiger partial charge on any atom is -0.480 e. The number of nitrogens with one attached hydrogen (secondary N) is 1. The predicted octanol–water partition coefficient (Wildman–Crippen LogP) is 2.33. The number of amides is 1. The zero-order chi connectivity index (χ0) is 20.1. The highest BCUT2D eigenvalue weighted by molar-refractivity contribution is 5.98. The van der Waals surface area contributed by atoms with Crippen molar-refractivity contribution in [2.24, 2.45) is 0 Å². The molecule has 2 N–H and O–H groups in total. The molecule has 3 rings (SSSR count). The maximum atomic E-state index is 13.9. The van der Waals surface area contributed by atoms with Gasteiger partial charge in [-0.05, 0) is 23.8 Å². The van der Waals surface area contributed by atoms with Crippen LogP contribution in [0.15, 0.2) is 63.8 Å². The second-order valence-electron chi connectivity index (χ2n) is 5.96. The molecule has 0 bridgehead atoms. The van der Waals surface area contributed by atoms with Crippen LogP contribution < -0.4 is 10.9 Å². The molecule has 3 aromatic rings. The SMILES string of the molecule is O=C(NC(COCc1ccccc1)C(=O)O)c1cc2c(F)cccc2oc1=O. The molecule has 0 aliphatic carbocycles. The summed E-state index contributed by atoms with van der Waals surface area (Å²) in [6.07, 6.45) is 0. The minimum atomic E-state index is -1.40. The van der Waals surface area contributed by atoms with Crippen LogP contribution in [-0.2, 0) is 16.1 Å². The Bertz CT molecular complexity index is 1060. The summed E-state index contributed by atoms with van der Waals surface area (Å²) < 4.78 is 24.2. The fourth-order valence-corrected chi connectivity index (χ4v) is 2.54. The Balaban J connectivity index is 1.72. The summed E-state index contributed by atoms with van der Waals surface area (Å²) in [6, 6.07) is 12.6. The molecule has 1 amide bonds. The van der Waals surface area contributed by atoms with Crippen molar-refractivity contribution in [2.45, 2.75) is 12.6 Å². The van der Waals surface area contributed by atoms with E-state index in [0.717, 1.165) is 17.7 Å². The van der Waals surface area contributed by atoms with E-state index >= 15 is 0 Å². The Kier molecular flexibility index (Phi) is 5.81. The first kappa shape index (κ1) is 19.2. The van der Waals surface area contributed by atoms with E-state index in [1.807, 2.05) is 30.3 Å². The van der Waals surface area contributed by atoms with Gasteiger partial charge in [0.15, 0.2) is 6.04 Å². The second kappa shape index (κ2) is 8.45. The quantitative estimate of drug-likeness (QED) is 0.605. The van der Waals surface area contributed by atoms with Crippen LogP contribution in [0.3, 0.4) is 0 Å². The molecule has 28 heavy (non-hydrogen) atoms. The Hall–Kier alpha value is -3.52. The Morgan fingerprint density at radius 2 is 1.89 bits per heavy atom. The highest BCUT2D eigenvalue weighted by atomic mass is 19.1. The molecule has 8 heteroatoms. The van der Waals surface area contributed by atoms with Gasteiger partial charge in [-0.3, -0.25) is 4.79 Å². The number of carbonyl (C=O) groups is 2. The van der Waals surface area contributed by atoms with Crippen LogP contribution in [0, 0.1) is 5.82 Å². The van der Waals surface area contributed by atoms with Gasteiger partial charge in [-0.1, -0.05) is 36.4 Å². The molecule has 1 aromatic heterocycles. The van der Waals surface area contributed by atoms with Crippen LogP contribution in [-0.4, -0.2) is 29.6 Å². The first-order chi connectivity index (χ1) is 13.5. The van der Waals surface area contributed by atoms with E-state index < -0.39 is 34.9 Å². The van der Waals surface area contributed by atoms with E-state index in [1.54, 1.807) is 0 Å². The third-order valence-corrected chi connectivity index (χ3v) is 3.97. The number of carboxylic acid groups (broad SMARTS) is 1. The lowest BCUT2D eigenvalue weighted by Gasteiger charge is -2.14. The second-order valence-corrected chi connectivity index (χ2v) is 5.96. The molecule has 0 saturated heterocycles. The van der Waals surface area contributed by atoms with Crippen molar-refractivity contribution in [3.05, 3.63) is 82.0 Å². The maximum Gasteiger partial charge on any atom is 0.349 e. The number of carbonyl (C=O) groups excluding carboxylic acids is 1. The summed E-state index contributed by atoms with van der Waals surface area (Å²) in [4.78, 5) is 35.8. The van der Waals surface area contributed by atoms with Gasteiger partial charge in [0.25, 0.3) is 5.91 Å². The van der Waals surface area contributed by atoms with E-state index in [1.165, 1.54) is 12.1 Å². The predicted molar refractivity (Wildman–Crippen MR) is 97.4 cm³/mol. The van der Waals surface area contributed by atoms with Crippen LogP contribution in [0.1, 0.15) is 15.9 Å². The lowest BCUT2D eigenvalue weighted by molar-refractivity contribution is -0.141. The number of hydrogen-bond acceptors (Lipinski definition) is 5. The van der Waals surface area contributed by atoms with E-state index in [9.17, 15) is 23.9 Å². The van der Waals surface area contributed by atoms with Crippen molar-refractivity contribution >= 4 is 22.8 Å². The van der Waals surface area contributed by atoms with E-state index in [-0.39, 0.29) is 24.2 Å². The molecule has 1 unspecified atom stereocenters. The number of aliphatic carboxylic acids is 1. The number of fused-ring (bicyclic) bond motifs is 1. The molecule has 7 nitrogen and oxygen atoms in total. The standard InChI is InChI=1S/C20H16FNO6/c21-15-7-4-8-17-13(15)9-14(20(26)28-17)18(23)22-16(19(24)25)11-27-10-12-5-2-1-3-6-12/h1-9,16H,10-11H2,(H,22,23)(H,24,25). The van der Waals surface area contributed by atoms with Gasteiger partial charge in [-0.25, -0.2) is 14.0 Å². The number of ether oxygens (including phenoxy) is 1. The smallest absolute Gasteiger partial charge is 0.349 e. The fraction of sp³-hybridized carbons (Fsp3) is 0.150. The molecule has 0 radical (unpaired) electrons. The Morgan fingerprint density at radius 1 is 1.14 bits per heavy atom. The summed E-state index contributed by atoms with van der Waals surface area (Å²) >= 11 is 0. The zero-order valence-electron chi connectivity index (χ0n) is 14.6. The monoisotopic (exact) mass is 385 g/mol. The average Bonchev–Trinajstić information content (AvgIpc) is 2.67. The van der Waals surface area contributed by atoms with E-state index in [2.05, 4.69) is 5.32 Å². The third kappa shape index (κ3) is 4.41. The molecule has 2 aromatic carbocycles. The summed E-state index contributed by atoms with van der Waals surface area (Å²) in [5, 5.41) is 11.4. The van der Waals surface area contributed by atoms with E-state index in [4.69, 9.17) is 9.15 Å². The van der Waals surface area contributed by atoms with Gasteiger partial charge < -0.3 is 19.6 Å². The average molecular weight is 385 g/mol. The summed E-state index contributed by atoms with van der Waals surface area (Å²) in [7, 11) is 0. The van der Waals surface area contributed by atoms with E-state index in [0.29, 0.717) is 0 Å². The summed E-state index contributed by atoms with van der Waals surface area (Å²) in [6.45, 7) is -0.160. The Labute approximate surface area is 158 Å². The van der Waals surface area contributed by atoms with Crippen molar-refractivity contribution < 1.29 is 28.2 Å². The molecule has 0 fully saturated rings. The molecule has 0 aliphatic heterocycles. The summed E-state index contributed by atoms with van der Waals surface area (Å²) in [5.74, 6) is -3.00. The largest absolute Gasteiger partial charge is 0.480 e. The van der Waals surface area contributed by atoms with Crippen molar-refractivity contribution in [1.29, 1.82) is 0 Å². The molecule has 0 spiro atoms. The molecule has 1 heterocycles. The van der Waals surface area contributed by atoms with Crippen molar-refractivity contribution in [3.63, 3.8) is 0 Å². The third-order valence-electron chi connectivity index (χ3n) is 3.97. The van der Waals surface area contributed by atoms with Crippen LogP contribution >= 0.6 is 0 Å². The molecule has 0 saturated carbocycles.